The Balaban J connectivity index is 2.17. The van der Waals surface area contributed by atoms with Crippen LogP contribution in [0.15, 0.2) is 12.1 Å². The second-order valence-corrected chi connectivity index (χ2v) is 5.41. The molecule has 21 heavy (non-hydrogen) atoms. The maximum atomic E-state index is 13.1. The van der Waals surface area contributed by atoms with Gasteiger partial charge in [0.2, 0.25) is 0 Å². The zero-order valence-electron chi connectivity index (χ0n) is 12.3. The molecule has 1 N–H and O–H groups in total. The van der Waals surface area contributed by atoms with Crippen LogP contribution in [0.2, 0.25) is 0 Å². The van der Waals surface area contributed by atoms with Crippen molar-refractivity contribution in [1.29, 1.82) is 0 Å². The summed E-state index contributed by atoms with van der Waals surface area (Å²) in [6.07, 6.45) is 0.565. The molecule has 0 spiro atoms. The predicted octanol–water partition coefficient (Wildman–Crippen LogP) is 1.33. The molecule has 1 amide bonds. The third kappa shape index (κ3) is 3.24. The van der Waals surface area contributed by atoms with Crippen LogP contribution in [-0.4, -0.2) is 64.7 Å². The van der Waals surface area contributed by atoms with E-state index in [1.54, 1.807) is 11.8 Å². The summed E-state index contributed by atoms with van der Waals surface area (Å²) in [6.45, 7) is 0.504. The Kier molecular flexibility index (Phi) is 4.95. The first-order valence-corrected chi connectivity index (χ1v) is 7.02. The van der Waals surface area contributed by atoms with E-state index < -0.39 is 6.55 Å². The molecule has 5 nitrogen and oxygen atoms in total. The summed E-state index contributed by atoms with van der Waals surface area (Å²) >= 11 is 0. The second-order valence-electron chi connectivity index (χ2n) is 5.41. The lowest BCUT2D eigenvalue weighted by atomic mass is 10.1. The minimum atomic E-state index is -2.72. The van der Waals surface area contributed by atoms with Gasteiger partial charge in [0.05, 0.1) is 0 Å². The molecule has 1 aromatic heterocycles. The number of aromatic nitrogens is 1. The van der Waals surface area contributed by atoms with Crippen LogP contribution in [0.25, 0.3) is 0 Å². The third-order valence-electron chi connectivity index (χ3n) is 4.06. The van der Waals surface area contributed by atoms with E-state index in [0.29, 0.717) is 31.7 Å². The quantitative estimate of drug-likeness (QED) is 0.913. The number of piperazine rings is 1. The van der Waals surface area contributed by atoms with Crippen molar-refractivity contribution in [3.8, 4) is 0 Å². The predicted molar refractivity (Wildman–Crippen MR) is 74.4 cm³/mol. The summed E-state index contributed by atoms with van der Waals surface area (Å²) < 4.78 is 26.9. The van der Waals surface area contributed by atoms with E-state index in [2.05, 4.69) is 4.90 Å². The van der Waals surface area contributed by atoms with Gasteiger partial charge >= 0.3 is 6.55 Å². The molecule has 0 bridgehead atoms. The van der Waals surface area contributed by atoms with Crippen LogP contribution in [0.4, 0.5) is 8.78 Å². The molecule has 2 rings (SSSR count). The van der Waals surface area contributed by atoms with E-state index in [1.807, 2.05) is 7.05 Å². The smallest absolute Gasteiger partial charge is 0.319 e. The van der Waals surface area contributed by atoms with E-state index in [9.17, 15) is 13.6 Å². The summed E-state index contributed by atoms with van der Waals surface area (Å²) in [5.41, 5.74) is 0.393. The zero-order valence-corrected chi connectivity index (χ0v) is 12.3. The van der Waals surface area contributed by atoms with E-state index in [0.717, 1.165) is 4.57 Å². The molecule has 2 heterocycles. The molecule has 0 unspecified atom stereocenters. The molecule has 1 aromatic rings. The fraction of sp³-hybridized carbons (Fsp3) is 0.643. The highest BCUT2D eigenvalue weighted by Crippen LogP contribution is 2.21. The van der Waals surface area contributed by atoms with Gasteiger partial charge in [-0.2, -0.15) is 8.78 Å². The largest absolute Gasteiger partial charge is 0.396 e. The van der Waals surface area contributed by atoms with Crippen molar-refractivity contribution in [2.24, 2.45) is 0 Å². The lowest BCUT2D eigenvalue weighted by molar-refractivity contribution is 0.0411. The fourth-order valence-corrected chi connectivity index (χ4v) is 2.74. The van der Waals surface area contributed by atoms with Crippen LogP contribution in [0.3, 0.4) is 0 Å². The van der Waals surface area contributed by atoms with Crippen LogP contribution in [0, 0.1) is 6.92 Å². The summed E-state index contributed by atoms with van der Waals surface area (Å²) in [4.78, 5) is 16.2. The minimum absolute atomic E-state index is 0.0230. The van der Waals surface area contributed by atoms with Gasteiger partial charge in [0, 0.05) is 38.0 Å². The summed E-state index contributed by atoms with van der Waals surface area (Å²) in [6, 6.07) is 3.04. The fourth-order valence-electron chi connectivity index (χ4n) is 2.74. The van der Waals surface area contributed by atoms with Crippen molar-refractivity contribution >= 4 is 5.91 Å². The van der Waals surface area contributed by atoms with Crippen LogP contribution in [-0.2, 0) is 0 Å². The highest BCUT2D eigenvalue weighted by molar-refractivity contribution is 5.93. The number of hydrogen-bond donors (Lipinski definition) is 1. The average Bonchev–Trinajstić information content (AvgIpc) is 2.82. The zero-order chi connectivity index (χ0) is 15.6. The molecule has 1 atom stereocenters. The molecule has 0 radical (unpaired) electrons. The Hall–Kier alpha value is -1.47. The Morgan fingerprint density at radius 2 is 2.14 bits per heavy atom. The molecule has 1 aliphatic rings. The number of rotatable bonds is 4. The highest BCUT2D eigenvalue weighted by Gasteiger charge is 2.30. The van der Waals surface area contributed by atoms with Gasteiger partial charge in [-0.3, -0.25) is 14.3 Å². The van der Waals surface area contributed by atoms with Gasteiger partial charge in [-0.1, -0.05) is 0 Å². The van der Waals surface area contributed by atoms with Gasteiger partial charge in [0.1, 0.15) is 5.69 Å². The lowest BCUT2D eigenvalue weighted by Gasteiger charge is -2.39. The molecular formula is C14H21F2N3O2. The number of aliphatic hydroxyl groups excluding tert-OH is 1. The van der Waals surface area contributed by atoms with Crippen molar-refractivity contribution in [2.75, 3.05) is 33.3 Å². The average molecular weight is 301 g/mol. The van der Waals surface area contributed by atoms with Gasteiger partial charge in [-0.25, -0.2) is 0 Å². The number of nitrogens with zero attached hydrogens (tertiary/aromatic N) is 3. The third-order valence-corrected chi connectivity index (χ3v) is 4.06. The normalized spacial score (nSPS) is 20.3. The topological polar surface area (TPSA) is 48.7 Å². The van der Waals surface area contributed by atoms with Crippen LogP contribution in [0.1, 0.15) is 29.2 Å². The van der Waals surface area contributed by atoms with E-state index in [1.165, 1.54) is 12.1 Å². The molecule has 0 aliphatic carbocycles. The van der Waals surface area contributed by atoms with E-state index >= 15 is 0 Å². The van der Waals surface area contributed by atoms with Gasteiger partial charge < -0.3 is 10.0 Å². The van der Waals surface area contributed by atoms with E-state index in [-0.39, 0.29) is 24.2 Å². The molecule has 1 aliphatic heterocycles. The van der Waals surface area contributed by atoms with Crippen molar-refractivity contribution in [3.05, 3.63) is 23.5 Å². The molecule has 0 saturated carbocycles. The monoisotopic (exact) mass is 301 g/mol. The van der Waals surface area contributed by atoms with Gasteiger partial charge in [-0.05, 0) is 32.5 Å². The number of hydrogen-bond acceptors (Lipinski definition) is 3. The number of amides is 1. The molecule has 7 heteroatoms. The number of likely N-dealkylation sites (N-methyl/N-ethyl adjacent to an activating group) is 1. The SMILES string of the molecule is Cc1ccc(C(=O)N2CCN(C)[C@@H](CCO)C2)n1C(F)F. The first kappa shape index (κ1) is 15.9. The minimum Gasteiger partial charge on any atom is -0.396 e. The van der Waals surface area contributed by atoms with Gasteiger partial charge in [0.25, 0.3) is 5.91 Å². The standard InChI is InChI=1S/C14H21F2N3O2/c1-10-3-4-12(19(10)14(15)16)13(21)18-7-6-17(2)11(9-18)5-8-20/h3-4,11,14,20H,5-9H2,1-2H3/t11-/m0/s1. The van der Waals surface area contributed by atoms with Crippen molar-refractivity contribution in [1.82, 2.24) is 14.4 Å². The summed E-state index contributed by atoms with van der Waals surface area (Å²) in [7, 11) is 1.94. The van der Waals surface area contributed by atoms with Crippen molar-refractivity contribution in [2.45, 2.75) is 25.9 Å². The van der Waals surface area contributed by atoms with Gasteiger partial charge in [0.15, 0.2) is 0 Å². The Bertz CT molecular complexity index is 504. The van der Waals surface area contributed by atoms with Crippen molar-refractivity contribution in [3.63, 3.8) is 0 Å². The number of carbonyl (C=O) groups excluding carboxylic acids is 1. The number of alkyl halides is 2. The Morgan fingerprint density at radius 3 is 2.76 bits per heavy atom. The molecule has 1 saturated heterocycles. The lowest BCUT2D eigenvalue weighted by Crippen LogP contribution is -2.53. The second kappa shape index (κ2) is 6.53. The van der Waals surface area contributed by atoms with Crippen LogP contribution >= 0.6 is 0 Å². The number of aryl methyl sites for hydroxylation is 1. The van der Waals surface area contributed by atoms with Crippen LogP contribution < -0.4 is 0 Å². The Labute approximate surface area is 122 Å². The molecular weight excluding hydrogens is 280 g/mol. The van der Waals surface area contributed by atoms with E-state index in [4.69, 9.17) is 5.11 Å². The summed E-state index contributed by atoms with van der Waals surface area (Å²) in [5, 5.41) is 9.07. The highest BCUT2D eigenvalue weighted by atomic mass is 19.3. The molecule has 0 aromatic carbocycles. The summed E-state index contributed by atoms with van der Waals surface area (Å²) in [5.74, 6) is -0.376. The van der Waals surface area contributed by atoms with Crippen LogP contribution in [0.5, 0.6) is 0 Å². The molecule has 118 valence electrons. The first-order chi connectivity index (χ1) is 9.95. The maximum absolute atomic E-state index is 13.1. The Morgan fingerprint density at radius 1 is 1.43 bits per heavy atom. The number of carbonyl (C=O) groups is 1. The number of aliphatic hydroxyl groups is 1. The number of halogens is 2. The van der Waals surface area contributed by atoms with Gasteiger partial charge in [-0.15, -0.1) is 0 Å². The van der Waals surface area contributed by atoms with Crippen molar-refractivity contribution < 1.29 is 18.7 Å². The first-order valence-electron chi connectivity index (χ1n) is 7.02. The molecule has 1 fully saturated rings. The maximum Gasteiger partial charge on any atom is 0.319 e.